The molecule has 1 amide bonds. The molecule has 0 aromatic heterocycles. The van der Waals surface area contributed by atoms with E-state index in [0.29, 0.717) is 6.42 Å². The van der Waals surface area contributed by atoms with Gasteiger partial charge in [0.2, 0.25) is 5.91 Å². The first-order valence-electron chi connectivity index (χ1n) is 2.70. The zero-order valence-electron chi connectivity index (χ0n) is 5.40. The second-order valence-corrected chi connectivity index (χ2v) is 2.17. The molecule has 0 rings (SSSR count). The van der Waals surface area contributed by atoms with Crippen molar-refractivity contribution < 1.29 is 4.79 Å². The van der Waals surface area contributed by atoms with Crippen LogP contribution in [0.1, 0.15) is 26.7 Å². The number of carbonyl (C=O) groups is 1. The van der Waals surface area contributed by atoms with Gasteiger partial charge in [-0.2, -0.15) is 20.3 Å². The van der Waals surface area contributed by atoms with Gasteiger partial charge in [0, 0.05) is 0 Å². The predicted molar refractivity (Wildman–Crippen MR) is 33.0 cm³/mol. The third-order valence-corrected chi connectivity index (χ3v) is 0.871. The van der Waals surface area contributed by atoms with E-state index in [1.54, 1.807) is 0 Å². The van der Waals surface area contributed by atoms with Gasteiger partial charge in [0.05, 0.1) is 0 Å². The van der Waals surface area contributed by atoms with Crippen LogP contribution in [0.3, 0.4) is 0 Å². The molecule has 0 spiro atoms. The van der Waals surface area contributed by atoms with E-state index in [4.69, 9.17) is 5.73 Å². The van der Waals surface area contributed by atoms with E-state index >= 15 is 0 Å². The van der Waals surface area contributed by atoms with Crippen LogP contribution in [0.4, 0.5) is 0 Å². The van der Waals surface area contributed by atoms with E-state index < -0.39 is 0 Å². The van der Waals surface area contributed by atoms with Crippen LogP contribution in [0.25, 0.3) is 0 Å². The number of nitrogens with two attached hydrogens (primary N) is 1. The first kappa shape index (κ1) is 7.47. The van der Waals surface area contributed by atoms with Gasteiger partial charge in [0.1, 0.15) is 0 Å². The Bertz CT molecular complexity index is 78.6. The fourth-order valence-electron chi connectivity index (χ4n) is 0.373. The summed E-state index contributed by atoms with van der Waals surface area (Å²) in [5.41, 5.74) is 4.89. The van der Waals surface area contributed by atoms with Gasteiger partial charge in [-0.25, -0.2) is 0 Å². The van der Waals surface area contributed by atoms with Gasteiger partial charge in [-0.3, -0.25) is 4.79 Å². The summed E-state index contributed by atoms with van der Waals surface area (Å²) in [6.45, 7) is 3.98. The molecule has 2 nitrogen and oxygen atoms in total. The maximum atomic E-state index is 10.1. The summed E-state index contributed by atoms with van der Waals surface area (Å²) in [5, 5.41) is 0. The van der Waals surface area contributed by atoms with Crippen molar-refractivity contribution in [2.24, 2.45) is 5.73 Å². The lowest BCUT2D eigenvalue weighted by Gasteiger charge is -2.13. The molecule has 0 heterocycles. The van der Waals surface area contributed by atoms with Crippen LogP contribution in [0.5, 0.6) is 0 Å². The van der Waals surface area contributed by atoms with Crippen molar-refractivity contribution in [2.75, 3.05) is 0 Å². The van der Waals surface area contributed by atoms with E-state index in [1.165, 1.54) is 5.92 Å². The lowest BCUT2D eigenvalue weighted by Crippen LogP contribution is -2.10. The fourth-order valence-corrected chi connectivity index (χ4v) is 0.373. The summed E-state index contributed by atoms with van der Waals surface area (Å²) in [5.74, 6) is 1.04. The molecule has 0 radical (unpaired) electrons. The van der Waals surface area contributed by atoms with Crippen molar-refractivity contribution in [2.45, 2.75) is 26.7 Å². The van der Waals surface area contributed by atoms with Crippen molar-refractivity contribution in [1.29, 1.82) is 0 Å². The number of hydrogen-bond donors (Lipinski definition) is 1. The summed E-state index contributed by atoms with van der Waals surface area (Å²) >= 11 is 0. The van der Waals surface area contributed by atoms with E-state index in [2.05, 4.69) is 0 Å². The minimum atomic E-state index is -0.216. The molecule has 0 aliphatic carbocycles. The van der Waals surface area contributed by atoms with Gasteiger partial charge in [0.15, 0.2) is 0 Å². The van der Waals surface area contributed by atoms with Crippen LogP contribution < -0.4 is 5.73 Å². The highest BCUT2D eigenvalue weighted by atomic mass is 16.1. The quantitative estimate of drug-likeness (QED) is 0.543. The normalized spacial score (nSPS) is 9.88. The summed E-state index contributed by atoms with van der Waals surface area (Å²) in [6, 6.07) is 0. The van der Waals surface area contributed by atoms with Crippen LogP contribution in [0, 0.1) is 5.92 Å². The van der Waals surface area contributed by atoms with Crippen molar-refractivity contribution in [3.8, 4) is 0 Å². The number of hydrogen-bond acceptors (Lipinski definition) is 1. The van der Waals surface area contributed by atoms with E-state index in [9.17, 15) is 4.79 Å². The Labute approximate surface area is 50.1 Å². The third-order valence-electron chi connectivity index (χ3n) is 0.871. The van der Waals surface area contributed by atoms with Crippen molar-refractivity contribution in [1.82, 2.24) is 0 Å². The molecule has 0 unspecified atom stereocenters. The minimum Gasteiger partial charge on any atom is -0.370 e. The Hall–Kier alpha value is -0.530. The zero-order chi connectivity index (χ0) is 6.57. The Morgan fingerprint density at radius 2 is 2.12 bits per heavy atom. The molecule has 0 bridgehead atoms. The first-order chi connectivity index (χ1) is 3.63. The molecule has 2 heteroatoms. The molecule has 0 atom stereocenters. The van der Waals surface area contributed by atoms with E-state index in [-0.39, 0.29) is 5.91 Å². The zero-order valence-corrected chi connectivity index (χ0v) is 5.40. The molecule has 0 aromatic carbocycles. The lowest BCUT2D eigenvalue weighted by atomic mass is 10.1. The molecule has 0 aromatic rings. The van der Waals surface area contributed by atoms with Crippen molar-refractivity contribution >= 4 is 5.91 Å². The molecule has 0 aliphatic heterocycles. The highest BCUT2D eigenvalue weighted by molar-refractivity contribution is 5.73. The topological polar surface area (TPSA) is 43.1 Å². The molecule has 2 N–H and O–H groups in total. The van der Waals surface area contributed by atoms with Gasteiger partial charge in [0.25, 0.3) is 0 Å². The second kappa shape index (κ2) is 3.47. The Morgan fingerprint density at radius 3 is 2.25 bits per heavy atom. The second-order valence-electron chi connectivity index (χ2n) is 2.17. The van der Waals surface area contributed by atoms with E-state index in [0.717, 1.165) is 6.42 Å². The van der Waals surface area contributed by atoms with Gasteiger partial charge < -0.3 is 11.7 Å². The van der Waals surface area contributed by atoms with Crippen molar-refractivity contribution in [3.05, 3.63) is 5.92 Å². The monoisotopic (exact) mass is 114 g/mol. The standard InChI is InChI=1S/C6H12NO/c1-5(2)3-4-6(7)8/h3-4H2,1-2H3,(H2,7,8)/q-1. The smallest absolute Gasteiger partial charge is 0.214 e. The summed E-state index contributed by atoms with van der Waals surface area (Å²) in [4.78, 5) is 10.1. The average molecular weight is 114 g/mol. The minimum absolute atomic E-state index is 0.216. The van der Waals surface area contributed by atoms with Crippen LogP contribution >= 0.6 is 0 Å². The van der Waals surface area contributed by atoms with Gasteiger partial charge in [-0.1, -0.05) is 0 Å². The first-order valence-corrected chi connectivity index (χ1v) is 2.70. The third kappa shape index (κ3) is 5.47. The highest BCUT2D eigenvalue weighted by Crippen LogP contribution is 2.03. The summed E-state index contributed by atoms with van der Waals surface area (Å²) in [7, 11) is 0. The number of rotatable bonds is 3. The maximum Gasteiger partial charge on any atom is 0.214 e. The molecule has 0 fully saturated rings. The Balaban J connectivity index is 3.05. The Morgan fingerprint density at radius 1 is 1.62 bits per heavy atom. The largest absolute Gasteiger partial charge is 0.370 e. The SMILES string of the molecule is C[C-](C)CCC(N)=O. The average Bonchev–Trinajstić information content (AvgIpc) is 1.61. The predicted octanol–water partition coefficient (Wildman–Crippen LogP) is 0.866. The van der Waals surface area contributed by atoms with Crippen LogP contribution in [0.15, 0.2) is 0 Å². The van der Waals surface area contributed by atoms with Crippen molar-refractivity contribution in [3.63, 3.8) is 0 Å². The molecule has 0 saturated heterocycles. The molecule has 0 aliphatic rings. The molecular formula is C6H12NO-. The van der Waals surface area contributed by atoms with Gasteiger partial charge in [-0.15, -0.1) is 0 Å². The number of primary amides is 1. The fraction of sp³-hybridized carbons (Fsp3) is 0.667. The highest BCUT2D eigenvalue weighted by Gasteiger charge is 1.87. The molecule has 8 heavy (non-hydrogen) atoms. The number of amides is 1. The van der Waals surface area contributed by atoms with Crippen LogP contribution in [0.2, 0.25) is 0 Å². The summed E-state index contributed by atoms with van der Waals surface area (Å²) in [6.07, 6.45) is 1.32. The number of carbonyl (C=O) groups excluding carboxylic acids is 1. The summed E-state index contributed by atoms with van der Waals surface area (Å²) < 4.78 is 0. The van der Waals surface area contributed by atoms with Crippen LogP contribution in [-0.2, 0) is 4.79 Å². The van der Waals surface area contributed by atoms with Crippen LogP contribution in [-0.4, -0.2) is 5.91 Å². The molecule has 48 valence electrons. The lowest BCUT2D eigenvalue weighted by molar-refractivity contribution is -0.118. The Kier molecular flexibility index (Phi) is 3.24. The van der Waals surface area contributed by atoms with Gasteiger partial charge in [-0.05, 0) is 6.42 Å². The van der Waals surface area contributed by atoms with E-state index in [1.807, 2.05) is 13.8 Å². The van der Waals surface area contributed by atoms with Gasteiger partial charge >= 0.3 is 0 Å². The maximum absolute atomic E-state index is 10.1. The molecular weight excluding hydrogens is 102 g/mol. The molecule has 0 saturated carbocycles.